The second-order valence-electron chi connectivity index (χ2n) is 7.56. The van der Waals surface area contributed by atoms with Crippen molar-refractivity contribution in [2.24, 2.45) is 7.05 Å². The Morgan fingerprint density at radius 3 is 2.35 bits per heavy atom. The lowest BCUT2D eigenvalue weighted by Crippen LogP contribution is -2.22. The summed E-state index contributed by atoms with van der Waals surface area (Å²) in [6.45, 7) is 9.30. The van der Waals surface area contributed by atoms with Crippen LogP contribution in [0.25, 0.3) is 16.7 Å². The topological polar surface area (TPSA) is 91.6 Å². The third kappa shape index (κ3) is 5.41. The highest BCUT2D eigenvalue weighted by molar-refractivity contribution is 5.68. The second kappa shape index (κ2) is 10.4. The van der Waals surface area contributed by atoms with Crippen LogP contribution in [0, 0.1) is 17.5 Å². The van der Waals surface area contributed by atoms with Gasteiger partial charge in [-0.2, -0.15) is 4.98 Å². The number of allylic oxidation sites excluding steroid dienone is 1. The van der Waals surface area contributed by atoms with Crippen LogP contribution in [0.2, 0.25) is 0 Å². The fraction of sp³-hybridized carbons (Fsp3) is 0.348. The molecule has 0 atom stereocenters. The van der Waals surface area contributed by atoms with Crippen LogP contribution in [0.4, 0.5) is 13.2 Å². The van der Waals surface area contributed by atoms with Crippen LogP contribution < -0.4 is 5.56 Å². The molecule has 3 heterocycles. The average Bonchev–Trinajstić information content (AvgIpc) is 3.45. The van der Waals surface area contributed by atoms with Gasteiger partial charge in [0.1, 0.15) is 12.9 Å². The zero-order valence-electron chi connectivity index (χ0n) is 19.3. The molecule has 1 aliphatic rings. The highest BCUT2D eigenvalue weighted by Crippen LogP contribution is 2.38. The number of hydrogen-bond acceptors (Lipinski definition) is 6. The monoisotopic (exact) mass is 474 g/mol. The molecular weight excluding hydrogens is 449 g/mol. The fourth-order valence-electron chi connectivity index (χ4n) is 2.97. The van der Waals surface area contributed by atoms with Crippen LogP contribution in [-0.2, 0) is 13.6 Å². The molecule has 180 valence electrons. The zero-order chi connectivity index (χ0) is 25.0. The van der Waals surface area contributed by atoms with Gasteiger partial charge in [0.05, 0.1) is 6.33 Å². The van der Waals surface area contributed by atoms with E-state index in [1.54, 1.807) is 24.9 Å². The van der Waals surface area contributed by atoms with Crippen LogP contribution >= 0.6 is 0 Å². The molecule has 1 saturated carbocycles. The van der Waals surface area contributed by atoms with Gasteiger partial charge in [0.15, 0.2) is 34.4 Å². The first-order chi connectivity index (χ1) is 16.2. The van der Waals surface area contributed by atoms with Gasteiger partial charge in [-0.25, -0.2) is 23.1 Å². The summed E-state index contributed by atoms with van der Waals surface area (Å²) >= 11 is 0. The van der Waals surface area contributed by atoms with Crippen LogP contribution in [0.15, 0.2) is 40.7 Å². The number of aromatic nitrogens is 6. The van der Waals surface area contributed by atoms with E-state index in [0.29, 0.717) is 28.5 Å². The Morgan fingerprint density at radius 2 is 1.76 bits per heavy atom. The molecule has 0 aliphatic heterocycles. The Kier molecular flexibility index (Phi) is 7.64. The van der Waals surface area contributed by atoms with Crippen molar-refractivity contribution >= 4 is 16.7 Å². The van der Waals surface area contributed by atoms with E-state index in [0.717, 1.165) is 30.8 Å². The Hall–Kier alpha value is -3.76. The molecule has 11 heteroatoms. The molecule has 34 heavy (non-hydrogen) atoms. The smallest absolute Gasteiger partial charge is 0.280 e. The zero-order valence-corrected chi connectivity index (χ0v) is 19.3. The lowest BCUT2D eigenvalue weighted by atomic mass is 10.1. The van der Waals surface area contributed by atoms with Gasteiger partial charge in [0.25, 0.3) is 5.56 Å². The molecule has 0 saturated heterocycles. The van der Waals surface area contributed by atoms with Crippen molar-refractivity contribution in [2.45, 2.75) is 46.1 Å². The van der Waals surface area contributed by atoms with Crippen molar-refractivity contribution in [2.75, 3.05) is 0 Å². The number of halogens is 3. The van der Waals surface area contributed by atoms with Crippen molar-refractivity contribution in [1.82, 2.24) is 29.2 Å². The van der Waals surface area contributed by atoms with Crippen LogP contribution in [0.5, 0.6) is 0 Å². The molecule has 0 radical (unpaired) electrons. The van der Waals surface area contributed by atoms with E-state index in [9.17, 15) is 18.0 Å². The Balaban J connectivity index is 0.000000200. The van der Waals surface area contributed by atoms with Gasteiger partial charge in [0, 0.05) is 13.0 Å². The van der Waals surface area contributed by atoms with Gasteiger partial charge in [-0.1, -0.05) is 31.2 Å². The highest BCUT2D eigenvalue weighted by atomic mass is 19.2. The number of nitrogens with zero attached hydrogens (tertiary/aromatic N) is 6. The predicted molar refractivity (Wildman–Crippen MR) is 121 cm³/mol. The third-order valence-corrected chi connectivity index (χ3v) is 4.91. The van der Waals surface area contributed by atoms with Gasteiger partial charge in [0.2, 0.25) is 5.89 Å². The molecule has 0 amide bonds. The third-order valence-electron chi connectivity index (χ3n) is 4.91. The minimum absolute atomic E-state index is 0.166. The van der Waals surface area contributed by atoms with E-state index in [-0.39, 0.29) is 17.7 Å². The SMILES string of the molecule is C=C(C)c1cc(F)c(F)c(F)c1.CC.Cn1cnc2ncn(Cc3nc(C4CC4)no3)c(=O)c21. The van der Waals surface area contributed by atoms with Crippen molar-refractivity contribution in [3.63, 3.8) is 0 Å². The van der Waals surface area contributed by atoms with Gasteiger partial charge in [-0.15, -0.1) is 0 Å². The maximum Gasteiger partial charge on any atom is 0.280 e. The number of imidazole rings is 1. The molecule has 1 aliphatic carbocycles. The summed E-state index contributed by atoms with van der Waals surface area (Å²) in [5.74, 6) is -2.22. The maximum atomic E-state index is 12.5. The lowest BCUT2D eigenvalue weighted by Gasteiger charge is -2.01. The Bertz CT molecular complexity index is 1350. The lowest BCUT2D eigenvalue weighted by molar-refractivity contribution is 0.364. The summed E-state index contributed by atoms with van der Waals surface area (Å²) in [7, 11) is 1.76. The van der Waals surface area contributed by atoms with E-state index in [2.05, 4.69) is 26.7 Å². The molecule has 3 aromatic heterocycles. The van der Waals surface area contributed by atoms with Crippen LogP contribution in [0.3, 0.4) is 0 Å². The number of hydrogen-bond donors (Lipinski definition) is 0. The molecule has 8 nitrogen and oxygen atoms in total. The summed E-state index contributed by atoms with van der Waals surface area (Å²) in [6.07, 6.45) is 5.25. The van der Waals surface area contributed by atoms with E-state index < -0.39 is 17.5 Å². The first kappa shape index (κ1) is 24.9. The van der Waals surface area contributed by atoms with Gasteiger partial charge < -0.3 is 9.09 Å². The summed E-state index contributed by atoms with van der Waals surface area (Å²) in [5.41, 5.74) is 1.51. The predicted octanol–water partition coefficient (Wildman–Crippen LogP) is 4.60. The molecule has 0 unspecified atom stereocenters. The van der Waals surface area contributed by atoms with Crippen molar-refractivity contribution in [3.05, 3.63) is 76.5 Å². The van der Waals surface area contributed by atoms with Gasteiger partial charge in [-0.3, -0.25) is 9.36 Å². The summed E-state index contributed by atoms with van der Waals surface area (Å²) in [4.78, 5) is 24.9. The highest BCUT2D eigenvalue weighted by Gasteiger charge is 2.28. The van der Waals surface area contributed by atoms with Crippen molar-refractivity contribution in [1.29, 1.82) is 0 Å². The maximum absolute atomic E-state index is 12.5. The standard InChI is InChI=1S/C12H12N6O2.C9H7F3.C2H6/c1-17-5-13-11-9(17)12(19)18(6-14-11)4-8-15-10(16-20-8)7-2-3-7;1-5(2)6-3-7(10)9(12)8(11)4-6;1-2/h5-7H,2-4H2,1H3;3-4H,1H2,2H3;1-2H3. The summed E-state index contributed by atoms with van der Waals surface area (Å²) in [5, 5.41) is 3.93. The Labute approximate surface area is 193 Å². The molecule has 4 aromatic rings. The Morgan fingerprint density at radius 1 is 1.15 bits per heavy atom. The molecule has 0 spiro atoms. The largest absolute Gasteiger partial charge is 0.337 e. The van der Waals surface area contributed by atoms with E-state index in [1.807, 2.05) is 13.8 Å². The first-order valence-electron chi connectivity index (χ1n) is 10.7. The normalized spacial score (nSPS) is 12.6. The van der Waals surface area contributed by atoms with Crippen molar-refractivity contribution < 1.29 is 17.7 Å². The van der Waals surface area contributed by atoms with Crippen LogP contribution in [-0.4, -0.2) is 29.2 Å². The fourth-order valence-corrected chi connectivity index (χ4v) is 2.97. The van der Waals surface area contributed by atoms with E-state index in [4.69, 9.17) is 4.52 Å². The molecule has 1 fully saturated rings. The first-order valence-corrected chi connectivity index (χ1v) is 10.7. The van der Waals surface area contributed by atoms with E-state index in [1.165, 1.54) is 10.9 Å². The molecule has 5 rings (SSSR count). The number of fused-ring (bicyclic) bond motifs is 1. The molecule has 0 bridgehead atoms. The summed E-state index contributed by atoms with van der Waals surface area (Å²) in [6, 6.07) is 1.83. The van der Waals surface area contributed by atoms with Gasteiger partial charge >= 0.3 is 0 Å². The second-order valence-corrected chi connectivity index (χ2v) is 7.56. The number of aryl methyl sites for hydroxylation is 1. The molecule has 0 N–H and O–H groups in total. The van der Waals surface area contributed by atoms with Crippen LogP contribution in [0.1, 0.15) is 56.8 Å². The quantitative estimate of drug-likeness (QED) is 0.402. The number of benzene rings is 1. The number of rotatable bonds is 4. The average molecular weight is 474 g/mol. The minimum atomic E-state index is -1.44. The summed E-state index contributed by atoms with van der Waals surface area (Å²) < 4.78 is 45.8. The van der Waals surface area contributed by atoms with Crippen molar-refractivity contribution in [3.8, 4) is 0 Å². The van der Waals surface area contributed by atoms with Gasteiger partial charge in [-0.05, 0) is 37.5 Å². The van der Waals surface area contributed by atoms with E-state index >= 15 is 0 Å². The molecule has 1 aromatic carbocycles. The minimum Gasteiger partial charge on any atom is -0.337 e. The molecular formula is C23H25F3N6O2.